The molecule has 1 aromatic heterocycles. The van der Waals surface area contributed by atoms with Crippen molar-refractivity contribution in [2.75, 3.05) is 23.3 Å². The fraction of sp³-hybridized carbons (Fsp3) is 0.375. The van der Waals surface area contributed by atoms with Crippen molar-refractivity contribution < 1.29 is 4.79 Å². The Morgan fingerprint density at radius 2 is 1.95 bits per heavy atom. The van der Waals surface area contributed by atoms with Gasteiger partial charge in [-0.15, -0.1) is 0 Å². The summed E-state index contributed by atoms with van der Waals surface area (Å²) in [6.07, 6.45) is 2.42. The molecule has 1 saturated heterocycles. The number of anilines is 2. The smallest absolute Gasteiger partial charge is 0.259 e. The molecule has 3 rings (SSSR count). The molecule has 0 unspecified atom stereocenters. The summed E-state index contributed by atoms with van der Waals surface area (Å²) in [6, 6.07) is 7.98. The fourth-order valence-corrected chi connectivity index (χ4v) is 2.88. The third-order valence-corrected chi connectivity index (χ3v) is 3.95. The Labute approximate surface area is 124 Å². The van der Waals surface area contributed by atoms with Crippen molar-refractivity contribution in [3.63, 3.8) is 0 Å². The molecule has 0 radical (unpaired) electrons. The van der Waals surface area contributed by atoms with E-state index in [0.717, 1.165) is 35.9 Å². The molecular weight excluding hydrogens is 264 g/mol. The summed E-state index contributed by atoms with van der Waals surface area (Å²) in [5.74, 6) is -0.106. The maximum Gasteiger partial charge on any atom is 0.259 e. The molecule has 1 amide bonds. The summed E-state index contributed by atoms with van der Waals surface area (Å²) in [7, 11) is 0. The number of nitrogens with zero attached hydrogens (tertiary/aromatic N) is 2. The van der Waals surface area contributed by atoms with E-state index in [4.69, 9.17) is 0 Å². The van der Waals surface area contributed by atoms with Crippen LogP contribution in [0.1, 0.15) is 34.6 Å². The maximum atomic E-state index is 12.5. The van der Waals surface area contributed by atoms with Gasteiger partial charge < -0.3 is 10.2 Å². The molecule has 0 spiro atoms. The molecule has 1 aliphatic rings. The molecule has 0 atom stereocenters. The molecule has 2 aromatic rings. The summed E-state index contributed by atoms with van der Waals surface area (Å²) in [6.45, 7) is 5.80. The standard InChI is InChI=1S/C16H20N4O/c1-11-15(12(2)19-18-11)16(21)17-13-7-3-4-8-14(13)20-9-5-6-10-20/h3-4,7-8H,5-6,9-10H2,1-2H3,(H,17,21)(H,18,19). The quantitative estimate of drug-likeness (QED) is 0.911. The van der Waals surface area contributed by atoms with Crippen molar-refractivity contribution in [1.29, 1.82) is 0 Å². The zero-order valence-electron chi connectivity index (χ0n) is 12.4. The van der Waals surface area contributed by atoms with Gasteiger partial charge >= 0.3 is 0 Å². The van der Waals surface area contributed by atoms with Crippen LogP contribution in [-0.4, -0.2) is 29.2 Å². The van der Waals surface area contributed by atoms with Crippen LogP contribution in [0.3, 0.4) is 0 Å². The van der Waals surface area contributed by atoms with Crippen molar-refractivity contribution in [3.05, 3.63) is 41.2 Å². The van der Waals surface area contributed by atoms with Crippen LogP contribution in [0.25, 0.3) is 0 Å². The number of aromatic nitrogens is 2. The predicted octanol–water partition coefficient (Wildman–Crippen LogP) is 2.88. The first kappa shape index (κ1) is 13.7. The second-order valence-corrected chi connectivity index (χ2v) is 5.47. The van der Waals surface area contributed by atoms with E-state index < -0.39 is 0 Å². The molecule has 2 N–H and O–H groups in total. The monoisotopic (exact) mass is 284 g/mol. The number of hydrogen-bond acceptors (Lipinski definition) is 3. The molecule has 0 bridgehead atoms. The van der Waals surface area contributed by atoms with Gasteiger partial charge in [-0.25, -0.2) is 0 Å². The number of H-pyrrole nitrogens is 1. The number of hydrogen-bond donors (Lipinski definition) is 2. The van der Waals surface area contributed by atoms with E-state index in [-0.39, 0.29) is 5.91 Å². The molecule has 1 fully saturated rings. The minimum atomic E-state index is -0.106. The summed E-state index contributed by atoms with van der Waals surface area (Å²) in [5.41, 5.74) is 4.12. The first-order chi connectivity index (χ1) is 10.2. The number of amides is 1. The number of aryl methyl sites for hydroxylation is 2. The molecule has 1 aliphatic heterocycles. The maximum absolute atomic E-state index is 12.5. The van der Waals surface area contributed by atoms with Crippen molar-refractivity contribution in [1.82, 2.24) is 10.2 Å². The van der Waals surface area contributed by atoms with E-state index in [1.165, 1.54) is 12.8 Å². The average molecular weight is 284 g/mol. The van der Waals surface area contributed by atoms with E-state index >= 15 is 0 Å². The number of benzene rings is 1. The minimum Gasteiger partial charge on any atom is -0.370 e. The van der Waals surface area contributed by atoms with Crippen molar-refractivity contribution in [3.8, 4) is 0 Å². The van der Waals surface area contributed by atoms with Crippen LogP contribution in [0.5, 0.6) is 0 Å². The second-order valence-electron chi connectivity index (χ2n) is 5.47. The molecule has 21 heavy (non-hydrogen) atoms. The highest BCUT2D eigenvalue weighted by molar-refractivity contribution is 6.07. The van der Waals surface area contributed by atoms with Crippen molar-refractivity contribution in [2.24, 2.45) is 0 Å². The normalized spacial score (nSPS) is 14.5. The first-order valence-corrected chi connectivity index (χ1v) is 7.33. The number of nitrogens with one attached hydrogen (secondary N) is 2. The van der Waals surface area contributed by atoms with Gasteiger partial charge in [0.1, 0.15) is 0 Å². The molecule has 5 nitrogen and oxygen atoms in total. The van der Waals surface area contributed by atoms with E-state index in [2.05, 4.69) is 26.5 Å². The molecule has 0 saturated carbocycles. The summed E-state index contributed by atoms with van der Waals surface area (Å²) in [5, 5.41) is 9.97. The van der Waals surface area contributed by atoms with Crippen LogP contribution in [-0.2, 0) is 0 Å². The number of carbonyl (C=O) groups is 1. The van der Waals surface area contributed by atoms with Crippen LogP contribution < -0.4 is 10.2 Å². The van der Waals surface area contributed by atoms with Gasteiger partial charge in [-0.05, 0) is 38.8 Å². The molecule has 0 aliphatic carbocycles. The number of rotatable bonds is 3. The number of aromatic amines is 1. The molecule has 110 valence electrons. The largest absolute Gasteiger partial charge is 0.370 e. The third kappa shape index (κ3) is 2.63. The Hall–Kier alpha value is -2.30. The SMILES string of the molecule is Cc1n[nH]c(C)c1C(=O)Nc1ccccc1N1CCCC1. The first-order valence-electron chi connectivity index (χ1n) is 7.33. The van der Waals surface area contributed by atoms with Crippen LogP contribution in [0.2, 0.25) is 0 Å². The zero-order valence-corrected chi connectivity index (χ0v) is 12.4. The minimum absolute atomic E-state index is 0.106. The zero-order chi connectivity index (χ0) is 14.8. The summed E-state index contributed by atoms with van der Waals surface area (Å²) in [4.78, 5) is 14.8. The van der Waals surface area contributed by atoms with Crippen LogP contribution in [0.4, 0.5) is 11.4 Å². The van der Waals surface area contributed by atoms with Gasteiger partial charge in [0.2, 0.25) is 0 Å². The highest BCUT2D eigenvalue weighted by Gasteiger charge is 2.19. The lowest BCUT2D eigenvalue weighted by molar-refractivity contribution is 0.102. The molecule has 5 heteroatoms. The van der Waals surface area contributed by atoms with Gasteiger partial charge in [0.05, 0.1) is 22.6 Å². The van der Waals surface area contributed by atoms with Gasteiger partial charge in [-0.3, -0.25) is 9.89 Å². The van der Waals surface area contributed by atoms with Gasteiger partial charge in [0.25, 0.3) is 5.91 Å². The predicted molar refractivity (Wildman–Crippen MR) is 83.9 cm³/mol. The highest BCUT2D eigenvalue weighted by Crippen LogP contribution is 2.29. The average Bonchev–Trinajstić information content (AvgIpc) is 3.10. The van der Waals surface area contributed by atoms with Crippen molar-refractivity contribution >= 4 is 17.3 Å². The van der Waals surface area contributed by atoms with Gasteiger partial charge in [-0.1, -0.05) is 12.1 Å². The summed E-state index contributed by atoms with van der Waals surface area (Å²) >= 11 is 0. The van der Waals surface area contributed by atoms with Crippen LogP contribution in [0, 0.1) is 13.8 Å². The Morgan fingerprint density at radius 1 is 1.24 bits per heavy atom. The second kappa shape index (κ2) is 5.60. The van der Waals surface area contributed by atoms with Gasteiger partial charge in [0, 0.05) is 18.8 Å². The topological polar surface area (TPSA) is 61.0 Å². The number of carbonyl (C=O) groups excluding carboxylic acids is 1. The highest BCUT2D eigenvalue weighted by atomic mass is 16.1. The lowest BCUT2D eigenvalue weighted by Crippen LogP contribution is -2.21. The van der Waals surface area contributed by atoms with Gasteiger partial charge in [-0.2, -0.15) is 5.10 Å². The molecule has 1 aromatic carbocycles. The van der Waals surface area contributed by atoms with E-state index in [0.29, 0.717) is 5.56 Å². The lowest BCUT2D eigenvalue weighted by Gasteiger charge is -2.21. The molecule has 2 heterocycles. The fourth-order valence-electron chi connectivity index (χ4n) is 2.88. The Kier molecular flexibility index (Phi) is 3.64. The van der Waals surface area contributed by atoms with E-state index in [1.54, 1.807) is 0 Å². The van der Waals surface area contributed by atoms with Crippen molar-refractivity contribution in [2.45, 2.75) is 26.7 Å². The Balaban J connectivity index is 1.86. The number of para-hydroxylation sites is 2. The Bertz CT molecular complexity index is 637. The van der Waals surface area contributed by atoms with Crippen LogP contribution in [0.15, 0.2) is 24.3 Å². The Morgan fingerprint density at radius 3 is 2.62 bits per heavy atom. The van der Waals surface area contributed by atoms with Crippen LogP contribution >= 0.6 is 0 Å². The van der Waals surface area contributed by atoms with Gasteiger partial charge in [0.15, 0.2) is 0 Å². The third-order valence-electron chi connectivity index (χ3n) is 3.95. The lowest BCUT2D eigenvalue weighted by atomic mass is 10.1. The molecular formula is C16H20N4O. The van der Waals surface area contributed by atoms with E-state index in [1.807, 2.05) is 32.0 Å². The van der Waals surface area contributed by atoms with E-state index in [9.17, 15) is 4.79 Å². The summed E-state index contributed by atoms with van der Waals surface area (Å²) < 4.78 is 0.